The maximum absolute atomic E-state index is 12.2. The fourth-order valence-electron chi connectivity index (χ4n) is 5.65. The number of aryl methyl sites for hydroxylation is 4. The molecule has 2 aromatic rings. The maximum Gasteiger partial charge on any atom is 0.132 e. The zero-order valence-corrected chi connectivity index (χ0v) is 25.8. The molecule has 2 N–H and O–H groups in total. The van der Waals surface area contributed by atoms with Crippen LogP contribution in [-0.2, 0) is 17.6 Å². The lowest BCUT2D eigenvalue weighted by atomic mass is 10.0. The zero-order valence-electron chi connectivity index (χ0n) is 25.8. The molecule has 0 aromatic heterocycles. The Kier molecular flexibility index (Phi) is 18.2. The van der Waals surface area contributed by atoms with Gasteiger partial charge in [0.1, 0.15) is 17.3 Å². The topological polar surface area (TPSA) is 57.5 Å². The summed E-state index contributed by atoms with van der Waals surface area (Å²) in [6, 6.07) is 11.9. The van der Waals surface area contributed by atoms with Crippen molar-refractivity contribution in [1.82, 2.24) is 0 Å². The summed E-state index contributed by atoms with van der Waals surface area (Å²) in [5.41, 5.74) is 4.62. The van der Waals surface area contributed by atoms with Crippen molar-refractivity contribution in [2.24, 2.45) is 0 Å². The lowest BCUT2D eigenvalue weighted by molar-refractivity contribution is -0.119. The van der Waals surface area contributed by atoms with Crippen molar-refractivity contribution in [2.75, 3.05) is 0 Å². The van der Waals surface area contributed by atoms with E-state index in [2.05, 4.69) is 12.1 Å². The standard InChI is InChI=1S/C37H58O3/c1-31-29-33(25-27-36(31)39)21-17-13-9-5-3-7-11-15-19-23-35(38)24-20-16-12-8-4-6-10-14-18-22-34-26-28-37(40)32(2)30-34/h25-30,39-40H,3-24H2,1-2H3. The first-order valence-electron chi connectivity index (χ1n) is 16.5. The second kappa shape index (κ2) is 21.5. The normalized spacial score (nSPS) is 11.2. The third-order valence-electron chi connectivity index (χ3n) is 8.36. The Hall–Kier alpha value is -2.29. The molecular formula is C37H58O3. The largest absolute Gasteiger partial charge is 0.508 e. The molecule has 0 aliphatic rings. The molecule has 0 amide bonds. The van der Waals surface area contributed by atoms with Crippen molar-refractivity contribution < 1.29 is 15.0 Å². The van der Waals surface area contributed by atoms with E-state index in [9.17, 15) is 15.0 Å². The first-order valence-corrected chi connectivity index (χ1v) is 16.5. The lowest BCUT2D eigenvalue weighted by Crippen LogP contribution is -1.97. The molecule has 0 spiro atoms. The van der Waals surface area contributed by atoms with E-state index < -0.39 is 0 Å². The van der Waals surface area contributed by atoms with Crippen LogP contribution in [0.5, 0.6) is 11.5 Å². The number of carbonyl (C=O) groups is 1. The van der Waals surface area contributed by atoms with Gasteiger partial charge in [-0.25, -0.2) is 0 Å². The number of hydrogen-bond acceptors (Lipinski definition) is 3. The lowest BCUT2D eigenvalue weighted by Gasteiger charge is -2.05. The van der Waals surface area contributed by atoms with Crippen molar-refractivity contribution in [3.8, 4) is 11.5 Å². The van der Waals surface area contributed by atoms with Gasteiger partial charge in [0.15, 0.2) is 0 Å². The van der Waals surface area contributed by atoms with Gasteiger partial charge >= 0.3 is 0 Å². The van der Waals surface area contributed by atoms with Crippen LogP contribution in [0.4, 0.5) is 0 Å². The summed E-state index contributed by atoms with van der Waals surface area (Å²) in [7, 11) is 0. The van der Waals surface area contributed by atoms with Crippen LogP contribution in [0.2, 0.25) is 0 Å². The number of carbonyl (C=O) groups excluding carboxylic acids is 1. The van der Waals surface area contributed by atoms with Crippen LogP contribution in [0.15, 0.2) is 36.4 Å². The van der Waals surface area contributed by atoms with Gasteiger partial charge in [-0.1, -0.05) is 114 Å². The quantitative estimate of drug-likeness (QED) is 0.128. The SMILES string of the molecule is Cc1cc(CCCCCCCCCCCC(=O)CCCCCCCCCCCc2ccc(O)c(C)c2)ccc1O. The number of ketones is 1. The molecule has 0 saturated carbocycles. The Morgan fingerprint density at radius 3 is 1.10 bits per heavy atom. The number of aromatic hydroxyl groups is 2. The number of hydrogen-bond donors (Lipinski definition) is 2. The molecule has 0 heterocycles. The third-order valence-corrected chi connectivity index (χ3v) is 8.36. The molecule has 3 nitrogen and oxygen atoms in total. The number of unbranched alkanes of at least 4 members (excludes halogenated alkanes) is 16. The minimum absolute atomic E-state index is 0.395. The molecule has 2 aromatic carbocycles. The van der Waals surface area contributed by atoms with Crippen LogP contribution in [0.3, 0.4) is 0 Å². The van der Waals surface area contributed by atoms with E-state index in [1.807, 2.05) is 38.1 Å². The Morgan fingerprint density at radius 2 is 0.775 bits per heavy atom. The average molecular weight is 551 g/mol. The van der Waals surface area contributed by atoms with Gasteiger partial charge in [-0.15, -0.1) is 0 Å². The molecule has 40 heavy (non-hydrogen) atoms. The van der Waals surface area contributed by atoms with Gasteiger partial charge < -0.3 is 10.2 Å². The van der Waals surface area contributed by atoms with Gasteiger partial charge in [-0.05, 0) is 86.8 Å². The van der Waals surface area contributed by atoms with Gasteiger partial charge in [-0.2, -0.15) is 0 Å². The maximum atomic E-state index is 12.2. The van der Waals surface area contributed by atoms with E-state index in [1.54, 1.807) is 0 Å². The summed E-state index contributed by atoms with van der Waals surface area (Å²) in [5, 5.41) is 19.2. The van der Waals surface area contributed by atoms with Gasteiger partial charge in [0, 0.05) is 12.8 Å². The highest BCUT2D eigenvalue weighted by atomic mass is 16.3. The minimum Gasteiger partial charge on any atom is -0.508 e. The number of rotatable bonds is 24. The predicted octanol–water partition coefficient (Wildman–Crippen LogP) is 10.9. The molecule has 0 fully saturated rings. The molecule has 0 saturated heterocycles. The van der Waals surface area contributed by atoms with Crippen molar-refractivity contribution in [1.29, 1.82) is 0 Å². The Morgan fingerprint density at radius 1 is 0.475 bits per heavy atom. The van der Waals surface area contributed by atoms with Crippen molar-refractivity contribution >= 4 is 5.78 Å². The Bertz CT molecular complexity index is 873. The van der Waals surface area contributed by atoms with E-state index in [-0.39, 0.29) is 0 Å². The molecule has 0 radical (unpaired) electrons. The molecule has 0 aliphatic carbocycles. The van der Waals surface area contributed by atoms with Crippen molar-refractivity contribution in [3.05, 3.63) is 58.7 Å². The zero-order chi connectivity index (χ0) is 28.8. The number of benzene rings is 2. The number of Topliss-reactive ketones (excluding diaryl/α,β-unsaturated/α-hetero) is 1. The second-order valence-electron chi connectivity index (χ2n) is 12.1. The molecule has 0 bridgehead atoms. The van der Waals surface area contributed by atoms with Gasteiger partial charge in [0.25, 0.3) is 0 Å². The van der Waals surface area contributed by atoms with Crippen LogP contribution in [-0.4, -0.2) is 16.0 Å². The summed E-state index contributed by atoms with van der Waals surface area (Å²) in [6.07, 6.45) is 26.5. The van der Waals surface area contributed by atoms with Crippen LogP contribution in [0.1, 0.15) is 151 Å². The van der Waals surface area contributed by atoms with Crippen LogP contribution in [0.25, 0.3) is 0 Å². The second-order valence-corrected chi connectivity index (χ2v) is 12.1. The van der Waals surface area contributed by atoms with Gasteiger partial charge in [-0.3, -0.25) is 4.79 Å². The van der Waals surface area contributed by atoms with Gasteiger partial charge in [0.2, 0.25) is 0 Å². The first-order chi connectivity index (χ1) is 19.5. The van der Waals surface area contributed by atoms with Crippen molar-refractivity contribution in [2.45, 2.75) is 155 Å². The number of phenols is 2. The minimum atomic E-state index is 0.395. The predicted molar refractivity (Wildman–Crippen MR) is 170 cm³/mol. The molecule has 0 aliphatic heterocycles. The fraction of sp³-hybridized carbons (Fsp3) is 0.649. The smallest absolute Gasteiger partial charge is 0.132 e. The summed E-state index contributed by atoms with van der Waals surface area (Å²) in [6.45, 7) is 3.93. The average Bonchev–Trinajstić information content (AvgIpc) is 2.94. The molecule has 3 heteroatoms. The molecule has 0 atom stereocenters. The molecular weight excluding hydrogens is 492 g/mol. The Balaban J connectivity index is 1.27. The summed E-state index contributed by atoms with van der Waals surface area (Å²) < 4.78 is 0. The highest BCUT2D eigenvalue weighted by Gasteiger charge is 2.03. The summed E-state index contributed by atoms with van der Waals surface area (Å²) >= 11 is 0. The van der Waals surface area contributed by atoms with Crippen LogP contribution >= 0.6 is 0 Å². The fourth-order valence-corrected chi connectivity index (χ4v) is 5.65. The summed E-state index contributed by atoms with van der Waals surface area (Å²) in [5.74, 6) is 1.27. The van der Waals surface area contributed by atoms with Crippen LogP contribution < -0.4 is 0 Å². The van der Waals surface area contributed by atoms with E-state index in [0.717, 1.165) is 49.7 Å². The van der Waals surface area contributed by atoms with E-state index in [0.29, 0.717) is 17.3 Å². The van der Waals surface area contributed by atoms with E-state index in [4.69, 9.17) is 0 Å². The monoisotopic (exact) mass is 550 g/mol. The highest BCUT2D eigenvalue weighted by molar-refractivity contribution is 5.78. The Labute approximate surface area is 245 Å². The highest BCUT2D eigenvalue weighted by Crippen LogP contribution is 2.20. The molecule has 2 rings (SSSR count). The summed E-state index contributed by atoms with van der Waals surface area (Å²) in [4.78, 5) is 12.2. The molecule has 224 valence electrons. The first kappa shape index (κ1) is 33.9. The molecule has 0 unspecified atom stereocenters. The van der Waals surface area contributed by atoms with E-state index in [1.165, 1.54) is 114 Å². The third kappa shape index (κ3) is 16.1. The van der Waals surface area contributed by atoms with E-state index >= 15 is 0 Å². The number of phenolic OH excluding ortho intramolecular Hbond substituents is 2. The van der Waals surface area contributed by atoms with Crippen LogP contribution in [0, 0.1) is 13.8 Å². The van der Waals surface area contributed by atoms with Crippen molar-refractivity contribution in [3.63, 3.8) is 0 Å². The van der Waals surface area contributed by atoms with Gasteiger partial charge in [0.05, 0.1) is 0 Å².